The van der Waals surface area contributed by atoms with Crippen molar-refractivity contribution in [1.29, 1.82) is 0 Å². The molecule has 0 atom stereocenters. The summed E-state index contributed by atoms with van der Waals surface area (Å²) >= 11 is 0. The molecule has 0 bridgehead atoms. The van der Waals surface area contributed by atoms with Crippen molar-refractivity contribution in [3.05, 3.63) is 58.4 Å². The predicted octanol–water partition coefficient (Wildman–Crippen LogP) is 3.92. The second-order valence-corrected chi connectivity index (χ2v) is 9.92. The maximum Gasteiger partial charge on any atom is 0.272 e. The normalized spacial score (nSPS) is 16.5. The van der Waals surface area contributed by atoms with Crippen molar-refractivity contribution < 1.29 is 4.79 Å². The summed E-state index contributed by atoms with van der Waals surface area (Å²) in [5, 5.41) is 4.50. The number of nitrogens with zero attached hydrogens (tertiary/aromatic N) is 4. The maximum absolute atomic E-state index is 13.5. The summed E-state index contributed by atoms with van der Waals surface area (Å²) < 4.78 is 2.43. The fraction of sp³-hybridized carbons (Fsp3) is 0.481. The molecule has 4 heterocycles. The van der Waals surface area contributed by atoms with Gasteiger partial charge in [-0.25, -0.2) is 4.98 Å². The lowest BCUT2D eigenvalue weighted by atomic mass is 10.00. The van der Waals surface area contributed by atoms with Crippen molar-refractivity contribution in [1.82, 2.24) is 19.8 Å². The Morgan fingerprint density at radius 1 is 1.09 bits per heavy atom. The number of anilines is 1. The summed E-state index contributed by atoms with van der Waals surface area (Å²) in [7, 11) is 0. The third-order valence-electron chi connectivity index (χ3n) is 7.20. The van der Waals surface area contributed by atoms with Crippen LogP contribution in [0.2, 0.25) is 0 Å². The number of rotatable bonds is 4. The molecule has 6 heteroatoms. The summed E-state index contributed by atoms with van der Waals surface area (Å²) in [4.78, 5) is 22.9. The smallest absolute Gasteiger partial charge is 0.272 e. The van der Waals surface area contributed by atoms with Crippen LogP contribution in [0.4, 0.5) is 5.82 Å². The molecule has 0 aliphatic carbocycles. The third-order valence-corrected chi connectivity index (χ3v) is 7.20. The van der Waals surface area contributed by atoms with Gasteiger partial charge in [-0.15, -0.1) is 0 Å². The van der Waals surface area contributed by atoms with Crippen molar-refractivity contribution in [3.8, 4) is 0 Å². The molecule has 0 spiro atoms. The number of benzene rings is 1. The van der Waals surface area contributed by atoms with Gasteiger partial charge in [-0.05, 0) is 48.9 Å². The van der Waals surface area contributed by atoms with Crippen molar-refractivity contribution in [2.24, 2.45) is 5.92 Å². The van der Waals surface area contributed by atoms with Gasteiger partial charge in [0.2, 0.25) is 0 Å². The highest BCUT2D eigenvalue weighted by Gasteiger charge is 2.27. The van der Waals surface area contributed by atoms with Crippen LogP contribution in [-0.2, 0) is 19.5 Å². The van der Waals surface area contributed by atoms with E-state index in [2.05, 4.69) is 66.7 Å². The Morgan fingerprint density at radius 3 is 2.55 bits per heavy atom. The SMILES string of the molecule is Cc1c(C)n(CC(C)C)c2c(N3CCc4ccccc4C3)nc(C(=O)N3CCNCC3)cc12. The van der Waals surface area contributed by atoms with Crippen LogP contribution in [0.15, 0.2) is 30.3 Å². The number of aromatic nitrogens is 2. The van der Waals surface area contributed by atoms with Crippen molar-refractivity contribution in [2.45, 2.75) is 47.2 Å². The van der Waals surface area contributed by atoms with Crippen molar-refractivity contribution in [3.63, 3.8) is 0 Å². The Balaban J connectivity index is 1.66. The van der Waals surface area contributed by atoms with E-state index in [-0.39, 0.29) is 5.91 Å². The number of carbonyl (C=O) groups excluding carboxylic acids is 1. The minimum absolute atomic E-state index is 0.0470. The first-order valence-electron chi connectivity index (χ1n) is 12.3. The summed E-state index contributed by atoms with van der Waals surface area (Å²) in [5.74, 6) is 1.53. The van der Waals surface area contributed by atoms with Crippen LogP contribution in [0.1, 0.15) is 46.7 Å². The molecule has 5 rings (SSSR count). The summed E-state index contributed by atoms with van der Waals surface area (Å²) in [6, 6.07) is 10.7. The summed E-state index contributed by atoms with van der Waals surface area (Å²) in [5.41, 5.74) is 7.04. The number of fused-ring (bicyclic) bond motifs is 2. The Bertz CT molecular complexity index is 1190. The molecule has 1 saturated heterocycles. The van der Waals surface area contributed by atoms with E-state index in [1.165, 1.54) is 27.9 Å². The van der Waals surface area contributed by atoms with Gasteiger partial charge in [-0.1, -0.05) is 38.1 Å². The zero-order valence-electron chi connectivity index (χ0n) is 20.3. The fourth-order valence-electron chi connectivity index (χ4n) is 5.27. The largest absolute Gasteiger partial charge is 0.350 e. The van der Waals surface area contributed by atoms with Crippen LogP contribution in [0.3, 0.4) is 0 Å². The quantitative estimate of drug-likeness (QED) is 0.661. The Morgan fingerprint density at radius 2 is 1.82 bits per heavy atom. The molecular formula is C27H35N5O. The molecule has 2 aliphatic rings. The Kier molecular flexibility index (Phi) is 5.87. The molecule has 2 aliphatic heterocycles. The molecule has 33 heavy (non-hydrogen) atoms. The second-order valence-electron chi connectivity index (χ2n) is 9.92. The predicted molar refractivity (Wildman–Crippen MR) is 134 cm³/mol. The zero-order valence-corrected chi connectivity index (χ0v) is 20.3. The van der Waals surface area contributed by atoms with E-state index in [9.17, 15) is 4.79 Å². The number of nitrogens with one attached hydrogen (secondary N) is 1. The van der Waals surface area contributed by atoms with Crippen LogP contribution in [0.5, 0.6) is 0 Å². The standard InChI is InChI=1S/C27H35N5O/c1-18(2)16-32-20(4)19(3)23-15-24(27(33)30-13-10-28-11-14-30)29-26(25(23)32)31-12-9-21-7-5-6-8-22(21)17-31/h5-8,15,18,28H,9-14,16-17H2,1-4H3. The average Bonchev–Trinajstić information content (AvgIpc) is 3.07. The zero-order chi connectivity index (χ0) is 23.1. The monoisotopic (exact) mass is 445 g/mol. The maximum atomic E-state index is 13.5. The van der Waals surface area contributed by atoms with Crippen LogP contribution in [0.25, 0.3) is 10.9 Å². The molecule has 0 saturated carbocycles. The van der Waals surface area contributed by atoms with Gasteiger partial charge in [0.1, 0.15) is 5.69 Å². The molecule has 0 radical (unpaired) electrons. The fourth-order valence-corrected chi connectivity index (χ4v) is 5.27. The lowest BCUT2D eigenvalue weighted by Crippen LogP contribution is -2.46. The minimum Gasteiger partial charge on any atom is -0.350 e. The van der Waals surface area contributed by atoms with E-state index in [0.29, 0.717) is 11.6 Å². The first-order valence-corrected chi connectivity index (χ1v) is 12.3. The van der Waals surface area contributed by atoms with Gasteiger partial charge in [-0.2, -0.15) is 0 Å². The molecule has 6 nitrogen and oxygen atoms in total. The van der Waals surface area contributed by atoms with Crippen LogP contribution in [-0.4, -0.2) is 53.1 Å². The number of carbonyl (C=O) groups is 1. The Labute approximate surface area is 196 Å². The number of aryl methyl sites for hydroxylation is 1. The number of hydrogen-bond donors (Lipinski definition) is 1. The average molecular weight is 446 g/mol. The third kappa shape index (κ3) is 4.01. The van der Waals surface area contributed by atoms with Crippen molar-refractivity contribution in [2.75, 3.05) is 37.6 Å². The van der Waals surface area contributed by atoms with Crippen LogP contribution >= 0.6 is 0 Å². The molecule has 1 N–H and O–H groups in total. The first kappa shape index (κ1) is 22.0. The molecule has 1 fully saturated rings. The van der Waals surface area contributed by atoms with Gasteiger partial charge in [0.15, 0.2) is 5.82 Å². The van der Waals surface area contributed by atoms with Crippen molar-refractivity contribution >= 4 is 22.6 Å². The van der Waals surface area contributed by atoms with Gasteiger partial charge in [0.25, 0.3) is 5.91 Å². The van der Waals surface area contributed by atoms with E-state index >= 15 is 0 Å². The number of hydrogen-bond acceptors (Lipinski definition) is 4. The topological polar surface area (TPSA) is 53.4 Å². The lowest BCUT2D eigenvalue weighted by molar-refractivity contribution is 0.0730. The molecular weight excluding hydrogens is 410 g/mol. The molecule has 2 aromatic heterocycles. The van der Waals surface area contributed by atoms with Gasteiger partial charge < -0.3 is 19.7 Å². The van der Waals surface area contributed by atoms with E-state index in [1.54, 1.807) is 0 Å². The van der Waals surface area contributed by atoms with Gasteiger partial charge in [-0.3, -0.25) is 4.79 Å². The molecule has 174 valence electrons. The molecule has 1 amide bonds. The number of amides is 1. The summed E-state index contributed by atoms with van der Waals surface area (Å²) in [6.45, 7) is 14.7. The van der Waals surface area contributed by atoms with Gasteiger partial charge in [0, 0.05) is 56.9 Å². The minimum atomic E-state index is 0.0470. The highest BCUT2D eigenvalue weighted by molar-refractivity contribution is 6.01. The van der Waals surface area contributed by atoms with Gasteiger partial charge in [0.05, 0.1) is 5.52 Å². The Hall–Kier alpha value is -2.86. The number of pyridine rings is 1. The first-order chi connectivity index (χ1) is 15.9. The van der Waals surface area contributed by atoms with E-state index in [1.807, 2.05) is 11.0 Å². The highest BCUT2D eigenvalue weighted by atomic mass is 16.2. The molecule has 3 aromatic rings. The molecule has 0 unspecified atom stereocenters. The van der Waals surface area contributed by atoms with E-state index in [0.717, 1.165) is 63.4 Å². The molecule has 1 aromatic carbocycles. The van der Waals surface area contributed by atoms with Crippen LogP contribution in [0, 0.1) is 19.8 Å². The summed E-state index contributed by atoms with van der Waals surface area (Å²) in [6.07, 6.45) is 0.998. The van der Waals surface area contributed by atoms with E-state index in [4.69, 9.17) is 4.98 Å². The number of piperazine rings is 1. The lowest BCUT2D eigenvalue weighted by Gasteiger charge is -2.32. The van der Waals surface area contributed by atoms with Gasteiger partial charge >= 0.3 is 0 Å². The van der Waals surface area contributed by atoms with E-state index < -0.39 is 0 Å². The highest BCUT2D eigenvalue weighted by Crippen LogP contribution is 2.35. The second kappa shape index (κ2) is 8.82. The van der Waals surface area contributed by atoms with Crippen LogP contribution < -0.4 is 10.2 Å².